The van der Waals surface area contributed by atoms with Gasteiger partial charge in [-0.25, -0.2) is 4.79 Å². The maximum atomic E-state index is 12.3. The van der Waals surface area contributed by atoms with Gasteiger partial charge in [0.05, 0.1) is 13.2 Å². The summed E-state index contributed by atoms with van der Waals surface area (Å²) in [7, 11) is 1.63. The van der Waals surface area contributed by atoms with Crippen LogP contribution in [0, 0.1) is 0 Å². The number of rotatable bonds is 2. The molecule has 5 heteroatoms. The number of nitrogens with one attached hydrogen (secondary N) is 1. The quantitative estimate of drug-likeness (QED) is 0.903. The molecule has 2 unspecified atom stereocenters. The van der Waals surface area contributed by atoms with Gasteiger partial charge in [0.1, 0.15) is 11.5 Å². The van der Waals surface area contributed by atoms with Crippen LogP contribution in [0.5, 0.6) is 11.5 Å². The minimum absolute atomic E-state index is 0.00263. The Bertz CT molecular complexity index is 558. The van der Waals surface area contributed by atoms with Gasteiger partial charge in [0.15, 0.2) is 5.72 Å². The molecule has 2 atom stereocenters. The van der Waals surface area contributed by atoms with E-state index < -0.39 is 5.72 Å². The normalized spacial score (nSPS) is 27.8. The largest absolute Gasteiger partial charge is 0.497 e. The van der Waals surface area contributed by atoms with E-state index >= 15 is 0 Å². The van der Waals surface area contributed by atoms with Crippen molar-refractivity contribution in [2.75, 3.05) is 7.11 Å². The summed E-state index contributed by atoms with van der Waals surface area (Å²) in [6, 6.07) is 5.75. The zero-order chi connectivity index (χ0) is 14.5. The zero-order valence-electron chi connectivity index (χ0n) is 12.3. The summed E-state index contributed by atoms with van der Waals surface area (Å²) in [5.41, 5.74) is 0.403. The molecule has 1 aromatic rings. The Morgan fingerprint density at radius 2 is 2.25 bits per heavy atom. The molecule has 3 rings (SSSR count). The Hall–Kier alpha value is -1.91. The van der Waals surface area contributed by atoms with Crippen LogP contribution < -0.4 is 14.8 Å². The van der Waals surface area contributed by atoms with Crippen molar-refractivity contribution < 1.29 is 14.3 Å². The lowest BCUT2D eigenvalue weighted by atomic mass is 9.90. The number of nitrogens with zero attached hydrogens (tertiary/aromatic N) is 1. The minimum atomic E-state index is -0.611. The number of methoxy groups -OCH3 is 1. The molecule has 0 saturated carbocycles. The zero-order valence-corrected chi connectivity index (χ0v) is 12.3. The molecular formula is C15H20N2O3. The van der Waals surface area contributed by atoms with Gasteiger partial charge in [0.25, 0.3) is 0 Å². The van der Waals surface area contributed by atoms with Gasteiger partial charge >= 0.3 is 6.03 Å². The maximum absolute atomic E-state index is 12.3. The number of fused-ring (bicyclic) bond motifs is 4. The summed E-state index contributed by atoms with van der Waals surface area (Å²) in [5.74, 6) is 1.54. The topological polar surface area (TPSA) is 50.8 Å². The molecule has 2 heterocycles. The number of hydrogen-bond donors (Lipinski definition) is 1. The van der Waals surface area contributed by atoms with E-state index in [1.807, 2.05) is 39.0 Å². The summed E-state index contributed by atoms with van der Waals surface area (Å²) in [6.07, 6.45) is 0.746. The lowest BCUT2D eigenvalue weighted by Gasteiger charge is -2.52. The maximum Gasteiger partial charge on any atom is 0.321 e. The Morgan fingerprint density at radius 1 is 1.50 bits per heavy atom. The predicted octanol–water partition coefficient (Wildman–Crippen LogP) is 2.67. The summed E-state index contributed by atoms with van der Waals surface area (Å²) in [5, 5.41) is 3.06. The van der Waals surface area contributed by atoms with Crippen LogP contribution in [-0.2, 0) is 0 Å². The first kappa shape index (κ1) is 13.1. The van der Waals surface area contributed by atoms with Crippen molar-refractivity contribution in [3.8, 4) is 11.5 Å². The molecular weight excluding hydrogens is 256 g/mol. The molecule has 1 aromatic carbocycles. The summed E-state index contributed by atoms with van der Waals surface area (Å²) in [4.78, 5) is 14.1. The lowest BCUT2D eigenvalue weighted by molar-refractivity contribution is -0.0964. The number of urea groups is 1. The van der Waals surface area contributed by atoms with Crippen molar-refractivity contribution in [2.24, 2.45) is 0 Å². The standard InChI is InChI=1S/C15H20N2O3/c1-9(2)17-14(18)16-12-8-15(17,3)20-13-7-10(19-4)5-6-11(12)13/h5-7,9,12H,8H2,1-4H3,(H,16,18). The van der Waals surface area contributed by atoms with Crippen molar-refractivity contribution in [1.29, 1.82) is 0 Å². The van der Waals surface area contributed by atoms with Crippen LogP contribution >= 0.6 is 0 Å². The summed E-state index contributed by atoms with van der Waals surface area (Å²) in [6.45, 7) is 5.96. The highest BCUT2D eigenvalue weighted by atomic mass is 16.5. The van der Waals surface area contributed by atoms with Crippen LogP contribution in [0.2, 0.25) is 0 Å². The summed E-state index contributed by atoms with van der Waals surface area (Å²) >= 11 is 0. The first-order chi connectivity index (χ1) is 9.44. The number of carbonyl (C=O) groups is 1. The molecule has 2 aliphatic rings. The van der Waals surface area contributed by atoms with Crippen LogP contribution in [0.3, 0.4) is 0 Å². The molecule has 0 aliphatic carbocycles. The van der Waals surface area contributed by atoms with E-state index in [1.165, 1.54) is 0 Å². The van der Waals surface area contributed by atoms with Crippen molar-refractivity contribution in [3.05, 3.63) is 23.8 Å². The van der Waals surface area contributed by atoms with Gasteiger partial charge in [-0.3, -0.25) is 4.90 Å². The number of amides is 2. The monoisotopic (exact) mass is 276 g/mol. The van der Waals surface area contributed by atoms with Crippen LogP contribution in [0.4, 0.5) is 4.79 Å². The highest BCUT2D eigenvalue weighted by Crippen LogP contribution is 2.45. The van der Waals surface area contributed by atoms with E-state index in [0.29, 0.717) is 0 Å². The molecule has 5 nitrogen and oxygen atoms in total. The van der Waals surface area contributed by atoms with Crippen molar-refractivity contribution >= 4 is 6.03 Å². The molecule has 2 amide bonds. The highest BCUT2D eigenvalue weighted by Gasteiger charge is 2.49. The van der Waals surface area contributed by atoms with E-state index in [1.54, 1.807) is 12.0 Å². The van der Waals surface area contributed by atoms with Crippen LogP contribution in [0.1, 0.15) is 38.8 Å². The smallest absolute Gasteiger partial charge is 0.321 e. The average Bonchev–Trinajstić information content (AvgIpc) is 2.36. The average molecular weight is 276 g/mol. The van der Waals surface area contributed by atoms with Gasteiger partial charge in [-0.2, -0.15) is 0 Å². The lowest BCUT2D eigenvalue weighted by Crippen LogP contribution is -2.66. The van der Waals surface area contributed by atoms with Crippen LogP contribution in [0.15, 0.2) is 18.2 Å². The van der Waals surface area contributed by atoms with Gasteiger partial charge in [-0.15, -0.1) is 0 Å². The van der Waals surface area contributed by atoms with Crippen molar-refractivity contribution in [1.82, 2.24) is 10.2 Å². The fourth-order valence-electron chi connectivity index (χ4n) is 3.28. The second-order valence-electron chi connectivity index (χ2n) is 5.85. The summed E-state index contributed by atoms with van der Waals surface area (Å²) < 4.78 is 11.4. The molecule has 0 spiro atoms. The fraction of sp³-hybridized carbons (Fsp3) is 0.533. The third kappa shape index (κ3) is 1.80. The van der Waals surface area contributed by atoms with E-state index in [4.69, 9.17) is 9.47 Å². The second-order valence-corrected chi connectivity index (χ2v) is 5.85. The molecule has 1 fully saturated rings. The van der Waals surface area contributed by atoms with E-state index in [9.17, 15) is 4.79 Å². The molecule has 20 heavy (non-hydrogen) atoms. The van der Waals surface area contributed by atoms with Gasteiger partial charge in [0.2, 0.25) is 0 Å². The molecule has 1 saturated heterocycles. The van der Waals surface area contributed by atoms with E-state index in [2.05, 4.69) is 5.32 Å². The number of ether oxygens (including phenoxy) is 2. The Kier molecular flexibility index (Phi) is 2.81. The molecule has 0 aromatic heterocycles. The van der Waals surface area contributed by atoms with Crippen LogP contribution in [0.25, 0.3) is 0 Å². The van der Waals surface area contributed by atoms with Crippen LogP contribution in [-0.4, -0.2) is 29.8 Å². The van der Waals surface area contributed by atoms with Gasteiger partial charge in [-0.05, 0) is 32.9 Å². The Morgan fingerprint density at radius 3 is 2.90 bits per heavy atom. The SMILES string of the molecule is COc1ccc2c(c1)OC1(C)CC2NC(=O)N1C(C)C. The first-order valence-corrected chi connectivity index (χ1v) is 6.91. The molecule has 1 N–H and O–H groups in total. The number of hydrogen-bond acceptors (Lipinski definition) is 3. The first-order valence-electron chi connectivity index (χ1n) is 6.91. The number of carbonyl (C=O) groups excluding carboxylic acids is 1. The fourth-order valence-corrected chi connectivity index (χ4v) is 3.28. The predicted molar refractivity (Wildman–Crippen MR) is 74.9 cm³/mol. The highest BCUT2D eigenvalue weighted by molar-refractivity contribution is 5.77. The van der Waals surface area contributed by atoms with E-state index in [0.717, 1.165) is 23.5 Å². The van der Waals surface area contributed by atoms with Crippen molar-refractivity contribution in [3.63, 3.8) is 0 Å². The molecule has 2 bridgehead atoms. The van der Waals surface area contributed by atoms with Crippen molar-refractivity contribution in [2.45, 2.75) is 45.0 Å². The minimum Gasteiger partial charge on any atom is -0.497 e. The van der Waals surface area contributed by atoms with Gasteiger partial charge in [-0.1, -0.05) is 0 Å². The third-order valence-electron chi connectivity index (χ3n) is 4.05. The molecule has 108 valence electrons. The Labute approximate surface area is 118 Å². The second kappa shape index (κ2) is 4.30. The Balaban J connectivity index is 2.06. The molecule has 0 radical (unpaired) electrons. The third-order valence-corrected chi connectivity index (χ3v) is 4.05. The van der Waals surface area contributed by atoms with Gasteiger partial charge in [0, 0.05) is 24.1 Å². The number of benzene rings is 1. The van der Waals surface area contributed by atoms with Gasteiger partial charge < -0.3 is 14.8 Å². The molecule has 2 aliphatic heterocycles. The van der Waals surface area contributed by atoms with E-state index in [-0.39, 0.29) is 18.1 Å².